The molecule has 18 heavy (non-hydrogen) atoms. The van der Waals surface area contributed by atoms with Crippen molar-refractivity contribution in [1.29, 1.82) is 0 Å². The van der Waals surface area contributed by atoms with Crippen molar-refractivity contribution in [3.8, 4) is 5.75 Å². The highest BCUT2D eigenvalue weighted by molar-refractivity contribution is 5.97. The van der Waals surface area contributed by atoms with Crippen molar-refractivity contribution in [3.05, 3.63) is 23.8 Å². The van der Waals surface area contributed by atoms with Crippen LogP contribution >= 0.6 is 0 Å². The molecule has 0 saturated heterocycles. The van der Waals surface area contributed by atoms with Crippen LogP contribution in [-0.4, -0.2) is 26.1 Å². The van der Waals surface area contributed by atoms with E-state index in [2.05, 4.69) is 10.1 Å². The highest BCUT2D eigenvalue weighted by Gasteiger charge is 2.30. The standard InChI is InChI=1S/C13H15NO4/c1-17-11-6-5-9(13(16)18-2)7-10(11)14-12(15)8-3-4-8/h5-8H,3-4H2,1-2H3,(H,14,15). The van der Waals surface area contributed by atoms with Gasteiger partial charge >= 0.3 is 5.97 Å². The molecular formula is C13H15NO4. The highest BCUT2D eigenvalue weighted by Crippen LogP contribution is 2.32. The molecule has 0 spiro atoms. The van der Waals surface area contributed by atoms with Crippen LogP contribution in [0.25, 0.3) is 0 Å². The Morgan fingerprint density at radius 1 is 1.28 bits per heavy atom. The Morgan fingerprint density at radius 2 is 2.00 bits per heavy atom. The molecule has 0 radical (unpaired) electrons. The average Bonchev–Trinajstić information content (AvgIpc) is 3.22. The fourth-order valence-corrected chi connectivity index (χ4v) is 1.63. The first-order chi connectivity index (χ1) is 8.65. The van der Waals surface area contributed by atoms with E-state index in [1.165, 1.54) is 14.2 Å². The summed E-state index contributed by atoms with van der Waals surface area (Å²) in [5.74, 6) is 0.142. The molecule has 1 amide bonds. The molecule has 5 nitrogen and oxygen atoms in total. The zero-order valence-corrected chi connectivity index (χ0v) is 10.4. The third-order valence-corrected chi connectivity index (χ3v) is 2.83. The lowest BCUT2D eigenvalue weighted by molar-refractivity contribution is -0.117. The van der Waals surface area contributed by atoms with E-state index >= 15 is 0 Å². The van der Waals surface area contributed by atoms with Gasteiger partial charge in [0.25, 0.3) is 0 Å². The lowest BCUT2D eigenvalue weighted by atomic mass is 10.2. The van der Waals surface area contributed by atoms with Crippen molar-refractivity contribution >= 4 is 17.6 Å². The number of nitrogens with one attached hydrogen (secondary N) is 1. The molecule has 0 aliphatic heterocycles. The van der Waals surface area contributed by atoms with Gasteiger partial charge in [0.15, 0.2) is 0 Å². The molecule has 1 fully saturated rings. The topological polar surface area (TPSA) is 64.6 Å². The molecule has 0 bridgehead atoms. The van der Waals surface area contributed by atoms with Crippen LogP contribution in [-0.2, 0) is 9.53 Å². The largest absolute Gasteiger partial charge is 0.495 e. The van der Waals surface area contributed by atoms with Crippen molar-refractivity contribution in [2.75, 3.05) is 19.5 Å². The second-order valence-electron chi connectivity index (χ2n) is 4.17. The van der Waals surface area contributed by atoms with E-state index in [1.54, 1.807) is 18.2 Å². The molecule has 0 aromatic heterocycles. The first-order valence-corrected chi connectivity index (χ1v) is 5.73. The summed E-state index contributed by atoms with van der Waals surface area (Å²) in [5.41, 5.74) is 0.877. The number of benzene rings is 1. The van der Waals surface area contributed by atoms with Crippen LogP contribution in [0.2, 0.25) is 0 Å². The van der Waals surface area contributed by atoms with Crippen LogP contribution in [0.5, 0.6) is 5.75 Å². The van der Waals surface area contributed by atoms with E-state index in [-0.39, 0.29) is 11.8 Å². The summed E-state index contributed by atoms with van der Waals surface area (Å²) < 4.78 is 9.78. The summed E-state index contributed by atoms with van der Waals surface area (Å²) in [7, 11) is 2.83. The molecule has 1 aliphatic rings. The Balaban J connectivity index is 2.23. The maximum Gasteiger partial charge on any atom is 0.337 e. The van der Waals surface area contributed by atoms with Gasteiger partial charge in [0.2, 0.25) is 5.91 Å². The molecule has 1 aromatic rings. The van der Waals surface area contributed by atoms with Gasteiger partial charge in [-0.05, 0) is 31.0 Å². The van der Waals surface area contributed by atoms with Crippen LogP contribution < -0.4 is 10.1 Å². The van der Waals surface area contributed by atoms with Gasteiger partial charge in [-0.2, -0.15) is 0 Å². The molecular weight excluding hydrogens is 234 g/mol. The van der Waals surface area contributed by atoms with Crippen LogP contribution in [0.1, 0.15) is 23.2 Å². The lowest BCUT2D eigenvalue weighted by Crippen LogP contribution is -2.14. The number of hydrogen-bond acceptors (Lipinski definition) is 4. The Hall–Kier alpha value is -2.04. The molecule has 0 unspecified atom stereocenters. The Morgan fingerprint density at radius 3 is 2.56 bits per heavy atom. The van der Waals surface area contributed by atoms with E-state index in [4.69, 9.17) is 4.74 Å². The molecule has 1 saturated carbocycles. The number of carbonyl (C=O) groups is 2. The average molecular weight is 249 g/mol. The number of rotatable bonds is 4. The Kier molecular flexibility index (Phi) is 3.50. The van der Waals surface area contributed by atoms with Crippen molar-refractivity contribution < 1.29 is 19.1 Å². The molecule has 1 N–H and O–H groups in total. The highest BCUT2D eigenvalue weighted by atomic mass is 16.5. The molecule has 0 atom stereocenters. The lowest BCUT2D eigenvalue weighted by Gasteiger charge is -2.11. The third kappa shape index (κ3) is 2.61. The van der Waals surface area contributed by atoms with Gasteiger partial charge in [0, 0.05) is 5.92 Å². The molecule has 1 aromatic carbocycles. The van der Waals surface area contributed by atoms with Gasteiger partial charge in [-0.15, -0.1) is 0 Å². The van der Waals surface area contributed by atoms with E-state index in [9.17, 15) is 9.59 Å². The maximum absolute atomic E-state index is 11.7. The smallest absolute Gasteiger partial charge is 0.337 e. The number of anilines is 1. The molecule has 0 heterocycles. The number of amides is 1. The predicted molar refractivity (Wildman–Crippen MR) is 65.7 cm³/mol. The molecule has 2 rings (SSSR count). The predicted octanol–water partition coefficient (Wildman–Crippen LogP) is 1.83. The number of methoxy groups -OCH3 is 2. The fourth-order valence-electron chi connectivity index (χ4n) is 1.63. The SMILES string of the molecule is COC(=O)c1ccc(OC)c(NC(=O)C2CC2)c1. The van der Waals surface area contributed by atoms with Gasteiger partial charge in [-0.1, -0.05) is 0 Å². The summed E-state index contributed by atoms with van der Waals surface area (Å²) in [6.07, 6.45) is 1.84. The third-order valence-electron chi connectivity index (χ3n) is 2.83. The normalized spacial score (nSPS) is 13.9. The van der Waals surface area contributed by atoms with Crippen LogP contribution in [0.4, 0.5) is 5.69 Å². The van der Waals surface area contributed by atoms with Gasteiger partial charge < -0.3 is 14.8 Å². The fraction of sp³-hybridized carbons (Fsp3) is 0.385. The molecule has 96 valence electrons. The zero-order chi connectivity index (χ0) is 13.1. The van der Waals surface area contributed by atoms with Gasteiger partial charge in [0.05, 0.1) is 25.5 Å². The summed E-state index contributed by atoms with van der Waals surface area (Å²) in [6, 6.07) is 4.79. The summed E-state index contributed by atoms with van der Waals surface area (Å²) >= 11 is 0. The number of hydrogen-bond donors (Lipinski definition) is 1. The second-order valence-corrected chi connectivity index (χ2v) is 4.17. The van der Waals surface area contributed by atoms with Gasteiger partial charge in [-0.25, -0.2) is 4.79 Å². The molecule has 5 heteroatoms. The number of carbonyl (C=O) groups excluding carboxylic acids is 2. The Bertz CT molecular complexity index is 480. The minimum atomic E-state index is -0.445. The van der Waals surface area contributed by atoms with E-state index < -0.39 is 5.97 Å². The number of esters is 1. The summed E-state index contributed by atoms with van der Waals surface area (Å²) in [4.78, 5) is 23.1. The number of ether oxygens (including phenoxy) is 2. The Labute approximate surface area is 105 Å². The van der Waals surface area contributed by atoms with Gasteiger partial charge in [0.1, 0.15) is 5.75 Å². The van der Waals surface area contributed by atoms with Crippen LogP contribution in [0.15, 0.2) is 18.2 Å². The second kappa shape index (κ2) is 5.08. The van der Waals surface area contributed by atoms with E-state index in [1.807, 2.05) is 0 Å². The van der Waals surface area contributed by atoms with Crippen molar-refractivity contribution in [2.45, 2.75) is 12.8 Å². The minimum Gasteiger partial charge on any atom is -0.495 e. The summed E-state index contributed by atoms with van der Waals surface area (Å²) in [5, 5.41) is 2.77. The van der Waals surface area contributed by atoms with Crippen molar-refractivity contribution in [2.24, 2.45) is 5.92 Å². The first-order valence-electron chi connectivity index (χ1n) is 5.73. The maximum atomic E-state index is 11.7. The minimum absolute atomic E-state index is 0.0321. The van der Waals surface area contributed by atoms with Crippen molar-refractivity contribution in [3.63, 3.8) is 0 Å². The van der Waals surface area contributed by atoms with Crippen LogP contribution in [0.3, 0.4) is 0 Å². The monoisotopic (exact) mass is 249 g/mol. The van der Waals surface area contributed by atoms with Gasteiger partial charge in [-0.3, -0.25) is 4.79 Å². The van der Waals surface area contributed by atoms with Crippen molar-refractivity contribution in [1.82, 2.24) is 0 Å². The zero-order valence-electron chi connectivity index (χ0n) is 10.4. The summed E-state index contributed by atoms with van der Waals surface area (Å²) in [6.45, 7) is 0. The van der Waals surface area contributed by atoms with E-state index in [0.717, 1.165) is 12.8 Å². The van der Waals surface area contributed by atoms with E-state index in [0.29, 0.717) is 17.0 Å². The first kappa shape index (κ1) is 12.4. The van der Waals surface area contributed by atoms with Crippen LogP contribution in [0, 0.1) is 5.92 Å². The molecule has 1 aliphatic carbocycles. The quantitative estimate of drug-likeness (QED) is 0.827.